The van der Waals surface area contributed by atoms with Gasteiger partial charge in [-0.15, -0.1) is 0 Å². The van der Waals surface area contributed by atoms with Gasteiger partial charge in [0.05, 0.1) is 0 Å². The first-order valence-electron chi connectivity index (χ1n) is 10.2. The van der Waals surface area contributed by atoms with Gasteiger partial charge in [0, 0.05) is 37.6 Å². The van der Waals surface area contributed by atoms with Gasteiger partial charge in [0.25, 0.3) is 0 Å². The summed E-state index contributed by atoms with van der Waals surface area (Å²) in [5.74, 6) is 1.64. The number of nitrogens with zero attached hydrogens (tertiary/aromatic N) is 2. The maximum atomic E-state index is 12.4. The molecule has 0 atom stereocenters. The van der Waals surface area contributed by atoms with E-state index in [-0.39, 0.29) is 17.9 Å². The van der Waals surface area contributed by atoms with Crippen LogP contribution in [0.1, 0.15) is 40.0 Å². The summed E-state index contributed by atoms with van der Waals surface area (Å²) in [7, 11) is 0. The highest BCUT2D eigenvalue weighted by atomic mass is 16.6. The Hall–Kier alpha value is -3.09. The molecule has 3 rings (SSSR count). The number of amides is 2. The van der Waals surface area contributed by atoms with Crippen LogP contribution in [-0.2, 0) is 9.53 Å². The van der Waals surface area contributed by atoms with E-state index < -0.39 is 5.60 Å². The van der Waals surface area contributed by atoms with Crippen LogP contribution in [-0.4, -0.2) is 40.6 Å². The summed E-state index contributed by atoms with van der Waals surface area (Å²) in [5, 5.41) is 2.94. The van der Waals surface area contributed by atoms with Crippen molar-refractivity contribution in [3.63, 3.8) is 0 Å². The van der Waals surface area contributed by atoms with E-state index >= 15 is 0 Å². The normalized spacial score (nSPS) is 14.8. The fourth-order valence-corrected chi connectivity index (χ4v) is 3.27. The van der Waals surface area contributed by atoms with E-state index in [0.29, 0.717) is 31.0 Å². The summed E-state index contributed by atoms with van der Waals surface area (Å²) in [6, 6.07) is 10.8. The largest absolute Gasteiger partial charge is 0.457 e. The van der Waals surface area contributed by atoms with E-state index in [0.717, 1.165) is 18.5 Å². The molecule has 2 aromatic rings. The van der Waals surface area contributed by atoms with Crippen LogP contribution < -0.4 is 10.1 Å². The maximum absolute atomic E-state index is 12.4. The van der Waals surface area contributed by atoms with Crippen LogP contribution in [0.25, 0.3) is 0 Å². The van der Waals surface area contributed by atoms with Gasteiger partial charge < -0.3 is 19.7 Å². The van der Waals surface area contributed by atoms with Gasteiger partial charge in [-0.3, -0.25) is 9.78 Å². The number of ether oxygens (including phenoxy) is 2. The molecule has 0 unspecified atom stereocenters. The molecule has 7 nitrogen and oxygen atoms in total. The number of hydrogen-bond acceptors (Lipinski definition) is 5. The summed E-state index contributed by atoms with van der Waals surface area (Å²) in [6.45, 7) is 6.82. The van der Waals surface area contributed by atoms with Gasteiger partial charge in [0.15, 0.2) is 0 Å². The molecule has 1 saturated heterocycles. The molecule has 1 fully saturated rings. The summed E-state index contributed by atoms with van der Waals surface area (Å²) in [5.41, 5.74) is 0.237. The minimum atomic E-state index is -0.493. The molecule has 1 aromatic carbocycles. The highest BCUT2D eigenvalue weighted by Gasteiger charge is 2.27. The van der Waals surface area contributed by atoms with Gasteiger partial charge in [0.1, 0.15) is 17.1 Å². The SMILES string of the molecule is CC(C)(C)OC(=O)N1CCC(CC(=O)Nc2ccc(Oc3ccncc3)cc2)CC1. The van der Waals surface area contributed by atoms with E-state index in [1.54, 1.807) is 29.4 Å². The topological polar surface area (TPSA) is 80.8 Å². The fraction of sp³-hybridized carbons (Fsp3) is 0.435. The lowest BCUT2D eigenvalue weighted by Gasteiger charge is -2.33. The lowest BCUT2D eigenvalue weighted by Crippen LogP contribution is -2.42. The van der Waals surface area contributed by atoms with Crippen LogP contribution in [0.4, 0.5) is 10.5 Å². The third-order valence-corrected chi connectivity index (χ3v) is 4.76. The highest BCUT2D eigenvalue weighted by molar-refractivity contribution is 5.90. The van der Waals surface area contributed by atoms with Crippen molar-refractivity contribution < 1.29 is 19.1 Å². The number of nitrogens with one attached hydrogen (secondary N) is 1. The summed E-state index contributed by atoms with van der Waals surface area (Å²) in [6.07, 6.45) is 5.09. The number of anilines is 1. The molecule has 7 heteroatoms. The number of pyridine rings is 1. The molecule has 30 heavy (non-hydrogen) atoms. The smallest absolute Gasteiger partial charge is 0.410 e. The van der Waals surface area contributed by atoms with Crippen molar-refractivity contribution in [3.05, 3.63) is 48.8 Å². The fourth-order valence-electron chi connectivity index (χ4n) is 3.27. The zero-order valence-corrected chi connectivity index (χ0v) is 17.8. The first-order chi connectivity index (χ1) is 14.3. The monoisotopic (exact) mass is 411 g/mol. The van der Waals surface area contributed by atoms with Gasteiger partial charge in [0.2, 0.25) is 5.91 Å². The Labute approximate surface area is 177 Å². The molecule has 0 bridgehead atoms. The van der Waals surface area contributed by atoms with Crippen LogP contribution in [0.2, 0.25) is 0 Å². The van der Waals surface area contributed by atoms with Gasteiger partial charge >= 0.3 is 6.09 Å². The minimum absolute atomic E-state index is 0.0199. The van der Waals surface area contributed by atoms with E-state index in [9.17, 15) is 9.59 Å². The molecule has 2 heterocycles. The Balaban J connectivity index is 1.42. The second-order valence-electron chi connectivity index (χ2n) is 8.47. The Morgan fingerprint density at radius 3 is 2.23 bits per heavy atom. The number of carbonyl (C=O) groups is 2. The Kier molecular flexibility index (Phi) is 6.92. The van der Waals surface area contributed by atoms with Crippen molar-refractivity contribution in [2.24, 2.45) is 5.92 Å². The first-order valence-corrected chi connectivity index (χ1v) is 10.2. The lowest BCUT2D eigenvalue weighted by molar-refractivity contribution is -0.117. The number of rotatable bonds is 5. The molecule has 0 spiro atoms. The second-order valence-corrected chi connectivity index (χ2v) is 8.47. The number of likely N-dealkylation sites (tertiary alicyclic amines) is 1. The van der Waals surface area contributed by atoms with Gasteiger partial charge in [-0.05, 0) is 75.9 Å². The molecule has 1 aromatic heterocycles. The number of benzene rings is 1. The summed E-state index contributed by atoms with van der Waals surface area (Å²) < 4.78 is 11.1. The van der Waals surface area contributed by atoms with Crippen LogP contribution in [0.15, 0.2) is 48.8 Å². The molecule has 0 saturated carbocycles. The molecule has 0 radical (unpaired) electrons. The average molecular weight is 412 g/mol. The molecule has 1 aliphatic rings. The molecule has 1 N–H and O–H groups in total. The van der Waals surface area contributed by atoms with Crippen molar-refractivity contribution >= 4 is 17.7 Å². The third-order valence-electron chi connectivity index (χ3n) is 4.76. The second kappa shape index (κ2) is 9.61. The Morgan fingerprint density at radius 2 is 1.63 bits per heavy atom. The number of hydrogen-bond donors (Lipinski definition) is 1. The van der Waals surface area contributed by atoms with Crippen molar-refractivity contribution in [2.45, 2.75) is 45.6 Å². The maximum Gasteiger partial charge on any atom is 0.410 e. The molecular formula is C23H29N3O4. The predicted octanol–water partition coefficient (Wildman–Crippen LogP) is 4.85. The molecule has 0 aliphatic carbocycles. The molecule has 160 valence electrons. The number of carbonyl (C=O) groups excluding carboxylic acids is 2. The highest BCUT2D eigenvalue weighted by Crippen LogP contribution is 2.25. The Morgan fingerprint density at radius 1 is 1.03 bits per heavy atom. The standard InChI is InChI=1S/C23H29N3O4/c1-23(2,3)30-22(28)26-14-10-17(11-15-26)16-21(27)25-18-4-6-19(7-5-18)29-20-8-12-24-13-9-20/h4-9,12-13,17H,10-11,14-16H2,1-3H3,(H,25,27). The van der Waals surface area contributed by atoms with E-state index in [2.05, 4.69) is 10.3 Å². The van der Waals surface area contributed by atoms with E-state index in [1.165, 1.54) is 0 Å². The lowest BCUT2D eigenvalue weighted by atomic mass is 9.93. The number of aromatic nitrogens is 1. The van der Waals surface area contributed by atoms with Crippen LogP contribution in [0, 0.1) is 5.92 Å². The minimum Gasteiger partial charge on any atom is -0.457 e. The zero-order valence-electron chi connectivity index (χ0n) is 17.8. The number of piperidine rings is 1. The van der Waals surface area contributed by atoms with Gasteiger partial charge in [-0.2, -0.15) is 0 Å². The van der Waals surface area contributed by atoms with E-state index in [1.807, 2.05) is 45.0 Å². The molecule has 1 aliphatic heterocycles. The Bertz CT molecular complexity index is 839. The third kappa shape index (κ3) is 6.76. The van der Waals surface area contributed by atoms with Crippen LogP contribution >= 0.6 is 0 Å². The summed E-state index contributed by atoms with van der Waals surface area (Å²) >= 11 is 0. The first kappa shape index (κ1) is 21.6. The zero-order chi connectivity index (χ0) is 21.6. The van der Waals surface area contributed by atoms with Crippen LogP contribution in [0.3, 0.4) is 0 Å². The van der Waals surface area contributed by atoms with Gasteiger partial charge in [-0.25, -0.2) is 4.79 Å². The summed E-state index contributed by atoms with van der Waals surface area (Å²) in [4.78, 5) is 30.2. The van der Waals surface area contributed by atoms with Gasteiger partial charge in [-0.1, -0.05) is 0 Å². The van der Waals surface area contributed by atoms with Crippen molar-refractivity contribution in [1.82, 2.24) is 9.88 Å². The van der Waals surface area contributed by atoms with Crippen molar-refractivity contribution in [1.29, 1.82) is 0 Å². The molecular weight excluding hydrogens is 382 g/mol. The average Bonchev–Trinajstić information content (AvgIpc) is 2.69. The predicted molar refractivity (Wildman–Crippen MR) is 115 cm³/mol. The van der Waals surface area contributed by atoms with Crippen molar-refractivity contribution in [3.8, 4) is 11.5 Å². The van der Waals surface area contributed by atoms with E-state index in [4.69, 9.17) is 9.47 Å². The van der Waals surface area contributed by atoms with Crippen molar-refractivity contribution in [2.75, 3.05) is 18.4 Å². The molecule has 2 amide bonds. The quantitative estimate of drug-likeness (QED) is 0.761. The van der Waals surface area contributed by atoms with Crippen LogP contribution in [0.5, 0.6) is 11.5 Å².